The minimum absolute atomic E-state index is 0. The van der Waals surface area contributed by atoms with Gasteiger partial charge in [-0.3, -0.25) is 4.79 Å². The molecular weight excluding hydrogens is 458 g/mol. The van der Waals surface area contributed by atoms with E-state index in [2.05, 4.69) is 34.9 Å². The molecule has 2 amide bonds. The Labute approximate surface area is 203 Å². The first kappa shape index (κ1) is 23.3. The Kier molecular flexibility index (Phi) is 7.33. The lowest BCUT2D eigenvalue weighted by Gasteiger charge is -2.32. The standard InChI is InChI=1S/C25H25N3O3S.ClH/c29-24(27-14-17-6-5-13-32-17)23-15-28(12-11-26-23)25(30)31-16-22-20-9-3-1-7-18(20)19-8-2-4-10-21(19)22;/h1-10,13,22-23,26H,11-12,14-16H2,(H,27,29);1H. The van der Waals surface area contributed by atoms with Crippen LogP contribution in [0.1, 0.15) is 21.9 Å². The average Bonchev–Trinajstić information content (AvgIpc) is 3.47. The summed E-state index contributed by atoms with van der Waals surface area (Å²) in [4.78, 5) is 28.1. The van der Waals surface area contributed by atoms with Gasteiger partial charge in [0.25, 0.3) is 0 Å². The summed E-state index contributed by atoms with van der Waals surface area (Å²) in [5, 5.41) is 8.13. The van der Waals surface area contributed by atoms with Gasteiger partial charge in [0.1, 0.15) is 12.6 Å². The molecule has 1 fully saturated rings. The van der Waals surface area contributed by atoms with Crippen LogP contribution in [-0.2, 0) is 16.1 Å². The molecule has 1 aromatic heterocycles. The summed E-state index contributed by atoms with van der Waals surface area (Å²) in [7, 11) is 0. The summed E-state index contributed by atoms with van der Waals surface area (Å²) in [5.74, 6) is -0.0753. The van der Waals surface area contributed by atoms with Crippen molar-refractivity contribution in [2.75, 3.05) is 26.2 Å². The van der Waals surface area contributed by atoms with Crippen molar-refractivity contribution in [1.82, 2.24) is 15.5 Å². The van der Waals surface area contributed by atoms with Crippen molar-refractivity contribution in [1.29, 1.82) is 0 Å². The van der Waals surface area contributed by atoms with Gasteiger partial charge in [-0.15, -0.1) is 23.7 Å². The first-order valence-corrected chi connectivity index (χ1v) is 11.7. The second kappa shape index (κ2) is 10.4. The van der Waals surface area contributed by atoms with E-state index < -0.39 is 6.04 Å². The molecule has 1 aliphatic carbocycles. The summed E-state index contributed by atoms with van der Waals surface area (Å²) < 4.78 is 5.76. The number of nitrogens with one attached hydrogen (secondary N) is 2. The molecule has 8 heteroatoms. The van der Waals surface area contributed by atoms with E-state index in [1.165, 1.54) is 22.3 Å². The molecule has 0 bridgehead atoms. The monoisotopic (exact) mass is 483 g/mol. The maximum Gasteiger partial charge on any atom is 0.409 e. The molecule has 0 saturated carbocycles. The van der Waals surface area contributed by atoms with E-state index in [0.717, 1.165) is 4.88 Å². The number of piperazine rings is 1. The number of hydrogen-bond acceptors (Lipinski definition) is 5. The van der Waals surface area contributed by atoms with Crippen LogP contribution in [0.4, 0.5) is 4.79 Å². The highest BCUT2D eigenvalue weighted by molar-refractivity contribution is 7.09. The molecule has 0 spiro atoms. The number of thiophene rings is 1. The minimum atomic E-state index is -0.441. The highest BCUT2D eigenvalue weighted by atomic mass is 35.5. The smallest absolute Gasteiger partial charge is 0.409 e. The molecule has 2 aromatic carbocycles. The van der Waals surface area contributed by atoms with E-state index in [4.69, 9.17) is 4.74 Å². The predicted octanol–water partition coefficient (Wildman–Crippen LogP) is 4.01. The Morgan fingerprint density at radius 3 is 2.39 bits per heavy atom. The maximum atomic E-state index is 12.8. The number of carbonyl (C=O) groups excluding carboxylic acids is 2. The number of fused-ring (bicyclic) bond motifs is 3. The van der Waals surface area contributed by atoms with Crippen molar-refractivity contribution in [3.05, 3.63) is 82.0 Å². The van der Waals surface area contributed by atoms with Gasteiger partial charge >= 0.3 is 6.09 Å². The van der Waals surface area contributed by atoms with Crippen LogP contribution in [0, 0.1) is 0 Å². The molecule has 6 nitrogen and oxygen atoms in total. The van der Waals surface area contributed by atoms with Gasteiger partial charge in [-0.2, -0.15) is 0 Å². The van der Waals surface area contributed by atoms with Gasteiger partial charge < -0.3 is 20.3 Å². The molecule has 0 radical (unpaired) electrons. The van der Waals surface area contributed by atoms with Crippen LogP contribution in [-0.4, -0.2) is 49.2 Å². The van der Waals surface area contributed by atoms with Crippen LogP contribution in [0.3, 0.4) is 0 Å². The summed E-state index contributed by atoms with van der Waals surface area (Å²) >= 11 is 1.61. The quantitative estimate of drug-likeness (QED) is 0.575. The third kappa shape index (κ3) is 4.90. The molecule has 33 heavy (non-hydrogen) atoms. The van der Waals surface area contributed by atoms with Gasteiger partial charge in [0, 0.05) is 30.4 Å². The number of hydrogen-bond donors (Lipinski definition) is 2. The Morgan fingerprint density at radius 1 is 1.03 bits per heavy atom. The number of carbonyl (C=O) groups is 2. The molecule has 1 saturated heterocycles. The van der Waals surface area contributed by atoms with Gasteiger partial charge in [0.05, 0.1) is 6.54 Å². The molecule has 2 N–H and O–H groups in total. The summed E-state index contributed by atoms with van der Waals surface area (Å²) in [5.41, 5.74) is 4.78. The number of ether oxygens (including phenoxy) is 1. The molecule has 1 unspecified atom stereocenters. The van der Waals surface area contributed by atoms with Gasteiger partial charge in [0.15, 0.2) is 0 Å². The fraction of sp³-hybridized carbons (Fsp3) is 0.280. The van der Waals surface area contributed by atoms with E-state index in [1.54, 1.807) is 16.2 Å². The van der Waals surface area contributed by atoms with E-state index in [9.17, 15) is 9.59 Å². The van der Waals surface area contributed by atoms with E-state index in [-0.39, 0.29) is 36.9 Å². The third-order valence-corrected chi connectivity index (χ3v) is 6.98. The zero-order chi connectivity index (χ0) is 21.9. The zero-order valence-corrected chi connectivity index (χ0v) is 19.7. The second-order valence-corrected chi connectivity index (χ2v) is 9.09. The van der Waals surface area contributed by atoms with E-state index >= 15 is 0 Å². The number of nitrogens with zero attached hydrogens (tertiary/aromatic N) is 1. The molecule has 5 rings (SSSR count). The van der Waals surface area contributed by atoms with Crippen molar-refractivity contribution < 1.29 is 14.3 Å². The van der Waals surface area contributed by atoms with Crippen LogP contribution in [0.25, 0.3) is 11.1 Å². The normalized spacial score (nSPS) is 17.0. The van der Waals surface area contributed by atoms with Crippen LogP contribution in [0.2, 0.25) is 0 Å². The fourth-order valence-corrected chi connectivity index (χ4v) is 5.13. The lowest BCUT2D eigenvalue weighted by Crippen LogP contribution is -2.58. The highest BCUT2D eigenvalue weighted by Crippen LogP contribution is 2.44. The molecule has 1 aliphatic heterocycles. The first-order chi connectivity index (χ1) is 15.7. The van der Waals surface area contributed by atoms with Crippen molar-refractivity contribution in [3.8, 4) is 11.1 Å². The minimum Gasteiger partial charge on any atom is -0.448 e. The largest absolute Gasteiger partial charge is 0.448 e. The maximum absolute atomic E-state index is 12.8. The average molecular weight is 484 g/mol. The summed E-state index contributed by atoms with van der Waals surface area (Å²) in [6, 6.07) is 20.1. The predicted molar refractivity (Wildman–Crippen MR) is 132 cm³/mol. The number of halogens is 1. The first-order valence-electron chi connectivity index (χ1n) is 10.8. The van der Waals surface area contributed by atoms with Crippen molar-refractivity contribution in [2.24, 2.45) is 0 Å². The number of rotatable bonds is 5. The molecule has 3 aromatic rings. The van der Waals surface area contributed by atoms with Crippen LogP contribution >= 0.6 is 23.7 Å². The number of amides is 2. The van der Waals surface area contributed by atoms with Crippen LogP contribution < -0.4 is 10.6 Å². The lowest BCUT2D eigenvalue weighted by molar-refractivity contribution is -0.124. The second-order valence-electron chi connectivity index (χ2n) is 8.05. The van der Waals surface area contributed by atoms with Crippen molar-refractivity contribution in [3.63, 3.8) is 0 Å². The Hall–Kier alpha value is -2.87. The lowest BCUT2D eigenvalue weighted by atomic mass is 9.98. The van der Waals surface area contributed by atoms with E-state index in [0.29, 0.717) is 26.2 Å². The van der Waals surface area contributed by atoms with Gasteiger partial charge in [0.2, 0.25) is 5.91 Å². The van der Waals surface area contributed by atoms with Crippen molar-refractivity contribution in [2.45, 2.75) is 18.5 Å². The highest BCUT2D eigenvalue weighted by Gasteiger charge is 2.32. The van der Waals surface area contributed by atoms with Crippen LogP contribution in [0.15, 0.2) is 66.0 Å². The topological polar surface area (TPSA) is 70.7 Å². The van der Waals surface area contributed by atoms with Crippen LogP contribution in [0.5, 0.6) is 0 Å². The van der Waals surface area contributed by atoms with E-state index in [1.807, 2.05) is 41.8 Å². The fourth-order valence-electron chi connectivity index (χ4n) is 4.49. The Morgan fingerprint density at radius 2 is 1.73 bits per heavy atom. The van der Waals surface area contributed by atoms with Crippen molar-refractivity contribution >= 4 is 35.7 Å². The third-order valence-electron chi connectivity index (χ3n) is 6.10. The van der Waals surface area contributed by atoms with Gasteiger partial charge in [-0.1, -0.05) is 54.6 Å². The Balaban J connectivity index is 0.00000259. The zero-order valence-electron chi connectivity index (χ0n) is 18.0. The molecular formula is C25H26ClN3O3S. The molecule has 172 valence electrons. The Bertz CT molecular complexity index is 1080. The molecule has 1 atom stereocenters. The summed E-state index contributed by atoms with van der Waals surface area (Å²) in [6.07, 6.45) is -0.371. The summed E-state index contributed by atoms with van der Waals surface area (Å²) in [6.45, 7) is 2.16. The number of benzene rings is 2. The SMILES string of the molecule is Cl.O=C(NCc1cccs1)C1CN(C(=O)OCC2c3ccccc3-c3ccccc32)CCN1. The molecule has 2 aliphatic rings. The van der Waals surface area contributed by atoms with Gasteiger partial charge in [-0.25, -0.2) is 4.79 Å². The molecule has 2 heterocycles. The van der Waals surface area contributed by atoms with Gasteiger partial charge in [-0.05, 0) is 33.7 Å².